The topological polar surface area (TPSA) is 24.9 Å². The first-order valence-corrected chi connectivity index (χ1v) is 8.78. The number of aromatic nitrogens is 1. The molecule has 0 saturated carbocycles. The molecule has 0 bridgehead atoms. The molecule has 5 heteroatoms. The van der Waals surface area contributed by atoms with Gasteiger partial charge >= 0.3 is 0 Å². The Balaban J connectivity index is 2.10. The summed E-state index contributed by atoms with van der Waals surface area (Å²) in [6, 6.07) is 5.55. The maximum Gasteiger partial charge on any atom is 0.134 e. The van der Waals surface area contributed by atoms with E-state index in [0.717, 1.165) is 28.4 Å². The van der Waals surface area contributed by atoms with E-state index in [1.54, 1.807) is 29.2 Å². The molecule has 1 aromatic carbocycles. The van der Waals surface area contributed by atoms with E-state index in [1.165, 1.54) is 17.4 Å². The van der Waals surface area contributed by atoms with Crippen LogP contribution in [0.3, 0.4) is 0 Å². The highest BCUT2D eigenvalue weighted by molar-refractivity contribution is 7.98. The number of hydrogen-bond donors (Lipinski definition) is 1. The molecule has 1 aliphatic carbocycles. The summed E-state index contributed by atoms with van der Waals surface area (Å²) >= 11 is 3.21. The fourth-order valence-corrected chi connectivity index (χ4v) is 4.59. The summed E-state index contributed by atoms with van der Waals surface area (Å²) in [5.41, 5.74) is 1.78. The first kappa shape index (κ1) is 14.0. The average molecular weight is 308 g/mol. The molecular formula is C15H17FN2S2. The van der Waals surface area contributed by atoms with E-state index in [2.05, 4.69) is 5.32 Å². The number of thiazole rings is 1. The van der Waals surface area contributed by atoms with Crippen LogP contribution in [-0.4, -0.2) is 18.3 Å². The van der Waals surface area contributed by atoms with Gasteiger partial charge in [0.2, 0.25) is 0 Å². The van der Waals surface area contributed by atoms with Gasteiger partial charge in [0, 0.05) is 9.77 Å². The summed E-state index contributed by atoms with van der Waals surface area (Å²) < 4.78 is 14.2. The van der Waals surface area contributed by atoms with E-state index in [9.17, 15) is 4.39 Å². The summed E-state index contributed by atoms with van der Waals surface area (Å²) in [6.07, 6.45) is 5.32. The van der Waals surface area contributed by atoms with E-state index >= 15 is 0 Å². The predicted molar refractivity (Wildman–Crippen MR) is 84.0 cm³/mol. The van der Waals surface area contributed by atoms with Crippen LogP contribution in [0.1, 0.15) is 29.5 Å². The van der Waals surface area contributed by atoms with Gasteiger partial charge in [0.1, 0.15) is 10.8 Å². The Kier molecular flexibility index (Phi) is 4.10. The van der Waals surface area contributed by atoms with Gasteiger partial charge in [-0.2, -0.15) is 0 Å². The Labute approximate surface area is 126 Å². The predicted octanol–water partition coefficient (Wildman–Crippen LogP) is 4.27. The zero-order valence-electron chi connectivity index (χ0n) is 11.6. The lowest BCUT2D eigenvalue weighted by Crippen LogP contribution is -2.21. The molecule has 2 nitrogen and oxygen atoms in total. The molecule has 0 radical (unpaired) electrons. The molecule has 0 fully saturated rings. The molecule has 0 amide bonds. The first-order valence-electron chi connectivity index (χ1n) is 6.74. The number of fused-ring (bicyclic) bond motifs is 1. The number of halogens is 1. The normalized spacial score (nSPS) is 18.1. The molecule has 2 aromatic rings. The van der Waals surface area contributed by atoms with Gasteiger partial charge in [-0.1, -0.05) is 6.07 Å². The van der Waals surface area contributed by atoms with Crippen molar-refractivity contribution in [1.29, 1.82) is 0 Å². The van der Waals surface area contributed by atoms with E-state index in [1.807, 2.05) is 19.4 Å². The Hall–Kier alpha value is -0.910. The molecule has 1 atom stereocenters. The number of rotatable bonds is 3. The third kappa shape index (κ3) is 2.38. The smallest absolute Gasteiger partial charge is 0.134 e. The van der Waals surface area contributed by atoms with Crippen molar-refractivity contribution in [2.75, 3.05) is 13.3 Å². The molecule has 1 unspecified atom stereocenters. The summed E-state index contributed by atoms with van der Waals surface area (Å²) in [5, 5.41) is 4.13. The minimum atomic E-state index is -0.177. The van der Waals surface area contributed by atoms with Crippen LogP contribution in [-0.2, 0) is 6.42 Å². The summed E-state index contributed by atoms with van der Waals surface area (Å²) in [7, 11) is 1.97. The van der Waals surface area contributed by atoms with Crippen molar-refractivity contribution < 1.29 is 4.39 Å². The molecule has 0 aliphatic heterocycles. The highest BCUT2D eigenvalue weighted by Crippen LogP contribution is 2.40. The minimum absolute atomic E-state index is 0.177. The molecule has 1 heterocycles. The lowest BCUT2D eigenvalue weighted by atomic mass is 9.98. The summed E-state index contributed by atoms with van der Waals surface area (Å²) in [5.74, 6) is -0.177. The largest absolute Gasteiger partial charge is 0.312 e. The molecule has 0 spiro atoms. The van der Waals surface area contributed by atoms with Crippen LogP contribution < -0.4 is 5.32 Å². The number of hydrogen-bond acceptors (Lipinski definition) is 4. The highest BCUT2D eigenvalue weighted by Gasteiger charge is 2.25. The van der Waals surface area contributed by atoms with Crippen molar-refractivity contribution in [3.63, 3.8) is 0 Å². The second kappa shape index (κ2) is 5.84. The van der Waals surface area contributed by atoms with Gasteiger partial charge in [-0.05, 0) is 44.7 Å². The zero-order chi connectivity index (χ0) is 14.1. The van der Waals surface area contributed by atoms with Crippen LogP contribution in [0.2, 0.25) is 0 Å². The quantitative estimate of drug-likeness (QED) is 0.857. The molecule has 0 saturated heterocycles. The van der Waals surface area contributed by atoms with Crippen LogP contribution in [0.15, 0.2) is 23.1 Å². The van der Waals surface area contributed by atoms with Crippen LogP contribution in [0.25, 0.3) is 10.6 Å². The second-order valence-electron chi connectivity index (χ2n) is 4.88. The van der Waals surface area contributed by atoms with E-state index in [-0.39, 0.29) is 5.82 Å². The molecule has 1 N–H and O–H groups in total. The van der Waals surface area contributed by atoms with Crippen molar-refractivity contribution in [3.8, 4) is 10.6 Å². The first-order chi connectivity index (χ1) is 9.74. The number of benzene rings is 1. The number of aryl methyl sites for hydroxylation is 1. The van der Waals surface area contributed by atoms with Crippen molar-refractivity contribution in [1.82, 2.24) is 10.3 Å². The number of nitrogens with zero attached hydrogens (tertiary/aromatic N) is 1. The third-order valence-corrected chi connectivity index (χ3v) is 5.64. The fourth-order valence-electron chi connectivity index (χ4n) is 2.69. The van der Waals surface area contributed by atoms with Gasteiger partial charge in [-0.25, -0.2) is 9.37 Å². The highest BCUT2D eigenvalue weighted by atomic mass is 32.2. The van der Waals surface area contributed by atoms with Crippen LogP contribution >= 0.6 is 23.1 Å². The van der Waals surface area contributed by atoms with Crippen LogP contribution in [0.4, 0.5) is 4.39 Å². The minimum Gasteiger partial charge on any atom is -0.312 e. The van der Waals surface area contributed by atoms with Crippen molar-refractivity contribution >= 4 is 23.1 Å². The van der Waals surface area contributed by atoms with Gasteiger partial charge in [0.25, 0.3) is 0 Å². The Morgan fingerprint density at radius 1 is 1.45 bits per heavy atom. The summed E-state index contributed by atoms with van der Waals surface area (Å²) in [4.78, 5) is 7.01. The maximum absolute atomic E-state index is 14.2. The molecular weight excluding hydrogens is 291 g/mol. The van der Waals surface area contributed by atoms with Gasteiger partial charge in [0.15, 0.2) is 0 Å². The van der Waals surface area contributed by atoms with Crippen molar-refractivity contribution in [2.24, 2.45) is 0 Å². The second-order valence-corrected chi connectivity index (χ2v) is 6.81. The monoisotopic (exact) mass is 308 g/mol. The molecule has 3 rings (SSSR count). The Morgan fingerprint density at radius 3 is 3.05 bits per heavy atom. The fraction of sp³-hybridized carbons (Fsp3) is 0.400. The lowest BCUT2D eigenvalue weighted by molar-refractivity contribution is 0.490. The molecule has 1 aromatic heterocycles. The number of nitrogens with one attached hydrogen (secondary N) is 1. The van der Waals surface area contributed by atoms with Crippen molar-refractivity contribution in [3.05, 3.63) is 34.6 Å². The third-order valence-electron chi connectivity index (χ3n) is 3.71. The zero-order valence-corrected chi connectivity index (χ0v) is 13.2. The van der Waals surface area contributed by atoms with E-state index in [0.29, 0.717) is 11.6 Å². The lowest BCUT2D eigenvalue weighted by Gasteiger charge is -2.19. The molecule has 106 valence electrons. The van der Waals surface area contributed by atoms with Gasteiger partial charge < -0.3 is 5.32 Å². The maximum atomic E-state index is 14.2. The van der Waals surface area contributed by atoms with Crippen LogP contribution in [0, 0.1) is 5.82 Å². The summed E-state index contributed by atoms with van der Waals surface area (Å²) in [6.45, 7) is 0. The van der Waals surface area contributed by atoms with E-state index in [4.69, 9.17) is 4.98 Å². The standard InChI is InChI=1S/C15H17FN2S2/c1-17-10-6-4-8-12-14(10)18-15(20-12)13-9(16)5-3-7-11(13)19-2/h3,5,7,10,17H,4,6,8H2,1-2H3. The Morgan fingerprint density at radius 2 is 2.30 bits per heavy atom. The van der Waals surface area contributed by atoms with Gasteiger partial charge in [-0.15, -0.1) is 23.1 Å². The van der Waals surface area contributed by atoms with Crippen LogP contribution in [0.5, 0.6) is 0 Å². The molecule has 20 heavy (non-hydrogen) atoms. The Bertz CT molecular complexity index is 624. The van der Waals surface area contributed by atoms with Crippen molar-refractivity contribution in [2.45, 2.75) is 30.2 Å². The van der Waals surface area contributed by atoms with Gasteiger partial charge in [-0.3, -0.25) is 0 Å². The number of thioether (sulfide) groups is 1. The SMILES string of the molecule is CNC1CCCc2sc(-c3c(F)cccc3SC)nc21. The van der Waals surface area contributed by atoms with E-state index < -0.39 is 0 Å². The molecule has 1 aliphatic rings. The average Bonchev–Trinajstić information content (AvgIpc) is 2.90. The van der Waals surface area contributed by atoms with Gasteiger partial charge in [0.05, 0.1) is 17.3 Å².